The summed E-state index contributed by atoms with van der Waals surface area (Å²) in [5.41, 5.74) is 3.54. The summed E-state index contributed by atoms with van der Waals surface area (Å²) in [6, 6.07) is 9.10. The molecule has 13 heavy (non-hydrogen) atoms. The maximum atomic E-state index is 2.39. The van der Waals surface area contributed by atoms with Gasteiger partial charge in [-0.15, -0.1) is 0 Å². The van der Waals surface area contributed by atoms with Gasteiger partial charge in [0.05, 0.1) is 0 Å². The maximum absolute atomic E-state index is 2.39. The highest BCUT2D eigenvalue weighted by Gasteiger charge is 2.38. The molecule has 0 aromatic heterocycles. The van der Waals surface area contributed by atoms with E-state index in [2.05, 4.69) is 45.0 Å². The number of rotatable bonds is 2. The third-order valence-electron chi connectivity index (χ3n) is 3.25. The highest BCUT2D eigenvalue weighted by atomic mass is 14.4. The Balaban J connectivity index is 2.33. The second-order valence-electron chi connectivity index (χ2n) is 4.84. The van der Waals surface area contributed by atoms with E-state index in [4.69, 9.17) is 0 Å². The van der Waals surface area contributed by atoms with Crippen LogP contribution in [0.3, 0.4) is 0 Å². The van der Waals surface area contributed by atoms with Gasteiger partial charge in [0, 0.05) is 0 Å². The van der Waals surface area contributed by atoms with Gasteiger partial charge in [-0.25, -0.2) is 0 Å². The molecule has 1 saturated carbocycles. The Morgan fingerprint density at radius 1 is 1.23 bits per heavy atom. The fraction of sp³-hybridized carbons (Fsp3) is 0.538. The Kier molecular flexibility index (Phi) is 1.94. The minimum Gasteiger partial charge on any atom is -0.0617 e. The zero-order chi connectivity index (χ0) is 9.47. The molecule has 2 rings (SSSR count). The summed E-state index contributed by atoms with van der Waals surface area (Å²) in [5.74, 6) is 0.655. The first-order valence-electron chi connectivity index (χ1n) is 5.22. The molecule has 0 aliphatic heterocycles. The number of benzene rings is 1. The molecule has 70 valence electrons. The van der Waals surface area contributed by atoms with Gasteiger partial charge in [0.15, 0.2) is 0 Å². The molecule has 0 amide bonds. The molecule has 0 atom stereocenters. The van der Waals surface area contributed by atoms with E-state index in [0.717, 1.165) is 0 Å². The van der Waals surface area contributed by atoms with E-state index >= 15 is 0 Å². The van der Waals surface area contributed by atoms with Gasteiger partial charge in [0.1, 0.15) is 0 Å². The molecular formula is C13H18. The van der Waals surface area contributed by atoms with Crippen molar-refractivity contribution in [2.45, 2.75) is 44.9 Å². The summed E-state index contributed by atoms with van der Waals surface area (Å²) in [5, 5.41) is 0. The topological polar surface area (TPSA) is 0 Å². The van der Waals surface area contributed by atoms with Crippen molar-refractivity contribution in [3.63, 3.8) is 0 Å². The number of hydrogen-bond acceptors (Lipinski definition) is 0. The predicted octanol–water partition coefficient (Wildman–Crippen LogP) is 3.86. The van der Waals surface area contributed by atoms with Crippen LogP contribution >= 0.6 is 0 Å². The normalized spacial score (nSPS) is 19.1. The van der Waals surface area contributed by atoms with Crippen LogP contribution in [0.1, 0.15) is 50.7 Å². The molecule has 1 aromatic rings. The maximum Gasteiger partial charge on any atom is -0.00745 e. The minimum absolute atomic E-state index is 0.519. The van der Waals surface area contributed by atoms with E-state index < -0.39 is 0 Å². The Bertz CT molecular complexity index is 306. The molecule has 0 N–H and O–H groups in total. The fourth-order valence-electron chi connectivity index (χ4n) is 1.75. The molecule has 0 unspecified atom stereocenters. The van der Waals surface area contributed by atoms with Crippen molar-refractivity contribution < 1.29 is 0 Å². The van der Waals surface area contributed by atoms with Gasteiger partial charge in [-0.1, -0.05) is 45.0 Å². The first-order valence-corrected chi connectivity index (χ1v) is 5.22. The SMILES string of the molecule is CC(C)c1cccc(C2(C)CC2)c1. The highest BCUT2D eigenvalue weighted by Crippen LogP contribution is 2.47. The lowest BCUT2D eigenvalue weighted by atomic mass is 9.93. The largest absolute Gasteiger partial charge is 0.0617 e. The Hall–Kier alpha value is -0.780. The molecule has 0 nitrogen and oxygen atoms in total. The van der Waals surface area contributed by atoms with E-state index in [1.54, 1.807) is 5.56 Å². The van der Waals surface area contributed by atoms with Gasteiger partial charge < -0.3 is 0 Å². The third kappa shape index (κ3) is 1.63. The van der Waals surface area contributed by atoms with Gasteiger partial charge in [-0.3, -0.25) is 0 Å². The predicted molar refractivity (Wildman–Crippen MR) is 57.1 cm³/mol. The molecule has 1 aliphatic carbocycles. The van der Waals surface area contributed by atoms with Crippen molar-refractivity contribution in [3.8, 4) is 0 Å². The van der Waals surface area contributed by atoms with Crippen molar-refractivity contribution in [2.75, 3.05) is 0 Å². The summed E-state index contributed by atoms with van der Waals surface area (Å²) in [4.78, 5) is 0. The standard InChI is InChI=1S/C13H18/c1-10(2)11-5-4-6-12(9-11)13(3)7-8-13/h4-6,9-10H,7-8H2,1-3H3. The quantitative estimate of drug-likeness (QED) is 0.638. The molecule has 1 fully saturated rings. The van der Waals surface area contributed by atoms with Gasteiger partial charge in [-0.05, 0) is 35.3 Å². The van der Waals surface area contributed by atoms with E-state index in [-0.39, 0.29) is 0 Å². The molecule has 0 saturated heterocycles. The first-order chi connectivity index (χ1) is 6.12. The third-order valence-corrected chi connectivity index (χ3v) is 3.25. The van der Waals surface area contributed by atoms with Crippen molar-refractivity contribution in [1.82, 2.24) is 0 Å². The smallest absolute Gasteiger partial charge is 0.00745 e. The lowest BCUT2D eigenvalue weighted by Gasteiger charge is -2.12. The van der Waals surface area contributed by atoms with Crippen molar-refractivity contribution in [1.29, 1.82) is 0 Å². The lowest BCUT2D eigenvalue weighted by Crippen LogP contribution is -2.00. The molecule has 0 spiro atoms. The Morgan fingerprint density at radius 3 is 2.46 bits per heavy atom. The monoisotopic (exact) mass is 174 g/mol. The first kappa shape index (κ1) is 8.80. The van der Waals surface area contributed by atoms with Crippen LogP contribution < -0.4 is 0 Å². The fourth-order valence-corrected chi connectivity index (χ4v) is 1.75. The van der Waals surface area contributed by atoms with Gasteiger partial charge >= 0.3 is 0 Å². The highest BCUT2D eigenvalue weighted by molar-refractivity contribution is 5.34. The Labute approximate surface area is 81.0 Å². The second-order valence-corrected chi connectivity index (χ2v) is 4.84. The summed E-state index contributed by atoms with van der Waals surface area (Å²) in [7, 11) is 0. The van der Waals surface area contributed by atoms with Gasteiger partial charge in [0.25, 0.3) is 0 Å². The molecule has 0 heterocycles. The van der Waals surface area contributed by atoms with Crippen LogP contribution in [-0.4, -0.2) is 0 Å². The molecule has 0 radical (unpaired) electrons. The van der Waals surface area contributed by atoms with E-state index in [9.17, 15) is 0 Å². The molecule has 0 bridgehead atoms. The molecule has 1 aliphatic rings. The van der Waals surface area contributed by atoms with Gasteiger partial charge in [0.2, 0.25) is 0 Å². The van der Waals surface area contributed by atoms with Crippen LogP contribution in [0, 0.1) is 0 Å². The van der Waals surface area contributed by atoms with Gasteiger partial charge in [-0.2, -0.15) is 0 Å². The zero-order valence-electron chi connectivity index (χ0n) is 8.80. The summed E-state index contributed by atoms with van der Waals surface area (Å²) in [6.07, 6.45) is 2.74. The number of hydrogen-bond donors (Lipinski definition) is 0. The average Bonchev–Trinajstić information content (AvgIpc) is 2.85. The van der Waals surface area contributed by atoms with E-state index in [1.165, 1.54) is 18.4 Å². The molecule has 1 aromatic carbocycles. The van der Waals surface area contributed by atoms with Crippen LogP contribution in [0.4, 0.5) is 0 Å². The van der Waals surface area contributed by atoms with E-state index in [0.29, 0.717) is 11.3 Å². The zero-order valence-corrected chi connectivity index (χ0v) is 8.80. The van der Waals surface area contributed by atoms with E-state index in [1.807, 2.05) is 0 Å². The molecule has 0 heteroatoms. The van der Waals surface area contributed by atoms with Crippen molar-refractivity contribution >= 4 is 0 Å². The summed E-state index contributed by atoms with van der Waals surface area (Å²) >= 11 is 0. The summed E-state index contributed by atoms with van der Waals surface area (Å²) in [6.45, 7) is 6.88. The minimum atomic E-state index is 0.519. The lowest BCUT2D eigenvalue weighted by molar-refractivity contribution is 0.777. The van der Waals surface area contributed by atoms with Crippen LogP contribution in [0.25, 0.3) is 0 Å². The van der Waals surface area contributed by atoms with Crippen molar-refractivity contribution in [3.05, 3.63) is 35.4 Å². The van der Waals surface area contributed by atoms with Crippen LogP contribution in [-0.2, 0) is 5.41 Å². The second kappa shape index (κ2) is 2.87. The summed E-state index contributed by atoms with van der Waals surface area (Å²) < 4.78 is 0. The van der Waals surface area contributed by atoms with Crippen LogP contribution in [0.15, 0.2) is 24.3 Å². The average molecular weight is 174 g/mol. The van der Waals surface area contributed by atoms with Crippen molar-refractivity contribution in [2.24, 2.45) is 0 Å². The Morgan fingerprint density at radius 2 is 1.92 bits per heavy atom. The van der Waals surface area contributed by atoms with Crippen LogP contribution in [0.2, 0.25) is 0 Å². The van der Waals surface area contributed by atoms with Crippen LogP contribution in [0.5, 0.6) is 0 Å². The molecular weight excluding hydrogens is 156 g/mol.